The van der Waals surface area contributed by atoms with Gasteiger partial charge in [-0.1, -0.05) is 0 Å². The van der Waals surface area contributed by atoms with Gasteiger partial charge < -0.3 is 150 Å². The third kappa shape index (κ3) is 39.2. The number of H-pyrrole nitrogens is 1. The molecule has 0 saturated carbocycles. The van der Waals surface area contributed by atoms with E-state index in [1.165, 1.54) is 12.5 Å². The highest BCUT2D eigenvalue weighted by Crippen LogP contribution is 2.12. The fourth-order valence-corrected chi connectivity index (χ4v) is 9.81. The summed E-state index contributed by atoms with van der Waals surface area (Å²) in [6.45, 7) is 1.58. The molecule has 17 amide bonds. The number of guanidine groups is 1. The first kappa shape index (κ1) is 98.7. The lowest BCUT2D eigenvalue weighted by atomic mass is 10.0. The zero-order valence-corrected chi connectivity index (χ0v) is 62.2. The Kier molecular flexibility index (Phi) is 44.7. The SMILES string of the molecule is CC(NC(=O)CNC(=O)C(N)CO)C(=O)NC(CCC(N)=O)C(=O)NC(CCC(=O)O)C(=O)NC(C)C(=O)NC(CCC(=O)O)C(=O)NC(CCCCN)C(=O)NC(CCC(N)=O)C(=O)NC(CCCN=C(N)N)C(=O)NC(C(=O)NC(CC(N)=O)C(=O)NC(C)C(=O)NC(Cc1cnc[nH]1)C(=O)NC(CO)C(=O)O)C(C)O. The predicted molar refractivity (Wildman–Crippen MR) is 386 cm³/mol. The van der Waals surface area contributed by atoms with Crippen LogP contribution < -0.4 is 115 Å². The van der Waals surface area contributed by atoms with Crippen LogP contribution >= 0.6 is 0 Å². The molecule has 15 unspecified atom stereocenters. The molecule has 0 bridgehead atoms. The van der Waals surface area contributed by atoms with Crippen LogP contribution in [0.25, 0.3) is 0 Å². The van der Waals surface area contributed by atoms with E-state index in [0.717, 1.165) is 27.7 Å². The highest BCUT2D eigenvalue weighted by molar-refractivity contribution is 6.01. The van der Waals surface area contributed by atoms with Crippen LogP contribution in [0.4, 0.5) is 0 Å². The number of unbranched alkanes of at least 4 members (excludes halogenated alkanes) is 1. The molecule has 1 aromatic heterocycles. The number of nitrogens with one attached hydrogen (secondary N) is 15. The lowest BCUT2D eigenvalue weighted by Gasteiger charge is -2.28. The van der Waals surface area contributed by atoms with Crippen molar-refractivity contribution >= 4 is 124 Å². The highest BCUT2D eigenvalue weighted by Gasteiger charge is 2.38. The minimum Gasteiger partial charge on any atom is -0.481 e. The number of carbonyl (C=O) groups is 20. The van der Waals surface area contributed by atoms with Gasteiger partial charge in [0.2, 0.25) is 100 Å². The van der Waals surface area contributed by atoms with Gasteiger partial charge in [0.05, 0.1) is 38.6 Å². The second kappa shape index (κ2) is 51.2. The minimum absolute atomic E-state index is 0.0234. The van der Waals surface area contributed by atoms with Gasteiger partial charge in [0.25, 0.3) is 0 Å². The van der Waals surface area contributed by atoms with Gasteiger partial charge >= 0.3 is 17.9 Å². The van der Waals surface area contributed by atoms with Crippen LogP contribution in [0.1, 0.15) is 123 Å². The number of amides is 17. The molecule has 0 radical (unpaired) electrons. The Labute approximate surface area is 644 Å². The smallest absolute Gasteiger partial charge is 0.328 e. The number of aliphatic hydroxyl groups excluding tert-OH is 3. The molecule has 0 spiro atoms. The number of carbonyl (C=O) groups excluding carboxylic acids is 17. The number of carboxylic acid groups (broad SMARTS) is 3. The molecule has 0 aliphatic rings. The van der Waals surface area contributed by atoms with Crippen molar-refractivity contribution in [1.82, 2.24) is 84.4 Å². The highest BCUT2D eigenvalue weighted by atomic mass is 16.4. The molecule has 50 nitrogen and oxygen atoms in total. The van der Waals surface area contributed by atoms with Gasteiger partial charge in [-0.2, -0.15) is 0 Å². The van der Waals surface area contributed by atoms with Crippen LogP contribution in [0.3, 0.4) is 0 Å². The monoisotopic (exact) mass is 1610 g/mol. The van der Waals surface area contributed by atoms with E-state index in [0.29, 0.717) is 0 Å². The first-order valence-corrected chi connectivity index (χ1v) is 35.1. The van der Waals surface area contributed by atoms with Crippen molar-refractivity contribution < 1.29 is 127 Å². The van der Waals surface area contributed by atoms with Gasteiger partial charge in [-0.3, -0.25) is 96.1 Å². The maximum absolute atomic E-state index is 14.4. The molecule has 1 aromatic rings. The number of nitrogens with two attached hydrogens (primary N) is 7. The molecule has 35 N–H and O–H groups in total. The first-order valence-electron chi connectivity index (χ1n) is 35.1. The Bertz CT molecular complexity index is 3530. The molecule has 1 heterocycles. The number of hydrogen-bond donors (Lipinski definition) is 28. The number of aliphatic imine (C=N–C) groups is 1. The molecular formula is C63H104N24O26. The standard InChI is InChI=1S/C63H104N24O26/c1-27(75-45(94)23-73-52(102)32(65)24-88)49(99)78-35(10-14-42(66)91)55(105)83-37(12-16-46(95)96)53(103)76-28(2)50(100)79-38(13-17-47(97)98)57(107)80-33(8-5-6-18-64)54(104)82-36(11-15-43(67)92)56(106)81-34(9-7-19-72-63(69)70)58(108)87-48(30(4)90)61(111)85-40(21-44(68)93)59(109)77-29(3)51(101)84-39(20-31-22-71-26-74-31)60(110)86-41(25-89)62(112)113/h22,26-30,32-41,48,88-90H,5-21,23-25,64-65H2,1-4H3,(H2,66,91)(H2,67,92)(H2,68,93)(H,71,74)(H,73,102)(H,75,94)(H,76,103)(H,77,109)(H,78,99)(H,79,100)(H,80,107)(H,81,106)(H,82,104)(H,83,105)(H,84,101)(H,85,111)(H,86,110)(H,87,108)(H,95,96)(H,97,98)(H,112,113)(H4,69,70,72). The number of aromatic nitrogens is 2. The number of aliphatic hydroxyl groups is 3. The van der Waals surface area contributed by atoms with Crippen LogP contribution in [0.5, 0.6) is 0 Å². The molecule has 15 atom stereocenters. The zero-order chi connectivity index (χ0) is 85.9. The topological polar surface area (TPSA) is 854 Å². The van der Waals surface area contributed by atoms with Crippen LogP contribution in [-0.4, -0.2) is 288 Å². The Morgan fingerprint density at radius 1 is 0.434 bits per heavy atom. The minimum atomic E-state index is -2.09. The molecule has 1 rings (SSSR count). The molecule has 0 saturated heterocycles. The largest absolute Gasteiger partial charge is 0.481 e. The van der Waals surface area contributed by atoms with Crippen molar-refractivity contribution in [2.24, 2.45) is 45.1 Å². The lowest BCUT2D eigenvalue weighted by Crippen LogP contribution is -2.62. The van der Waals surface area contributed by atoms with Crippen LogP contribution in [-0.2, 0) is 102 Å². The summed E-state index contributed by atoms with van der Waals surface area (Å²) in [7, 11) is 0. The molecule has 0 aliphatic carbocycles. The van der Waals surface area contributed by atoms with E-state index < -0.39 is 299 Å². The zero-order valence-electron chi connectivity index (χ0n) is 62.2. The van der Waals surface area contributed by atoms with E-state index in [4.69, 9.17) is 45.2 Å². The summed E-state index contributed by atoms with van der Waals surface area (Å²) in [6, 6.07) is -24.5. The van der Waals surface area contributed by atoms with E-state index in [2.05, 4.69) is 84.1 Å². The van der Waals surface area contributed by atoms with Gasteiger partial charge in [-0.25, -0.2) is 9.78 Å². The Morgan fingerprint density at radius 2 is 0.814 bits per heavy atom. The van der Waals surface area contributed by atoms with Crippen LogP contribution in [0.15, 0.2) is 17.5 Å². The maximum Gasteiger partial charge on any atom is 0.328 e. The normalized spacial score (nSPS) is 14.9. The molecule has 113 heavy (non-hydrogen) atoms. The Balaban J connectivity index is 3.63. The fourth-order valence-electron chi connectivity index (χ4n) is 9.81. The average molecular weight is 1610 g/mol. The van der Waals surface area contributed by atoms with Gasteiger partial charge in [0.15, 0.2) is 5.96 Å². The summed E-state index contributed by atoms with van der Waals surface area (Å²) in [5, 5.41) is 89.3. The number of aliphatic carboxylic acids is 3. The summed E-state index contributed by atoms with van der Waals surface area (Å²) in [6.07, 6.45) is -6.81. The number of rotatable bonds is 56. The number of hydrogen-bond acceptors (Lipinski definition) is 27. The average Bonchev–Trinajstić information content (AvgIpc) is 1.25. The maximum atomic E-state index is 14.4. The number of carboxylic acids is 3. The number of primary amides is 3. The number of imidazole rings is 1. The lowest BCUT2D eigenvalue weighted by molar-refractivity contribution is -0.143. The summed E-state index contributed by atoms with van der Waals surface area (Å²) in [5.41, 5.74) is 38.5. The Morgan fingerprint density at radius 3 is 1.20 bits per heavy atom. The third-order valence-electron chi connectivity index (χ3n) is 16.1. The van der Waals surface area contributed by atoms with Crippen molar-refractivity contribution in [2.75, 3.05) is 32.8 Å². The first-order chi connectivity index (χ1) is 52.9. The molecule has 50 heteroatoms. The van der Waals surface area contributed by atoms with Crippen LogP contribution in [0, 0.1) is 0 Å². The second-order valence-electron chi connectivity index (χ2n) is 25.6. The molecule has 0 aromatic carbocycles. The Hall–Kier alpha value is -12.3. The quantitative estimate of drug-likeness (QED) is 0.0164. The van der Waals surface area contributed by atoms with Gasteiger partial charge in [-0.05, 0) is 92.0 Å². The molecule has 0 aliphatic heterocycles. The van der Waals surface area contributed by atoms with Crippen molar-refractivity contribution in [3.8, 4) is 0 Å². The van der Waals surface area contributed by atoms with Crippen molar-refractivity contribution in [1.29, 1.82) is 0 Å². The summed E-state index contributed by atoms with van der Waals surface area (Å²) < 4.78 is 0. The van der Waals surface area contributed by atoms with Gasteiger partial charge in [0, 0.05) is 50.5 Å². The fraction of sp³-hybridized carbons (Fsp3) is 0.619. The number of nitrogens with zero attached hydrogens (tertiary/aromatic N) is 2. The van der Waals surface area contributed by atoms with E-state index >= 15 is 0 Å². The summed E-state index contributed by atoms with van der Waals surface area (Å²) in [5.74, 6) is -24.7. The van der Waals surface area contributed by atoms with E-state index in [1.54, 1.807) is 0 Å². The number of aromatic amines is 1. The van der Waals surface area contributed by atoms with E-state index in [-0.39, 0.29) is 50.9 Å². The van der Waals surface area contributed by atoms with Crippen molar-refractivity contribution in [3.63, 3.8) is 0 Å². The summed E-state index contributed by atoms with van der Waals surface area (Å²) in [4.78, 5) is 273. The summed E-state index contributed by atoms with van der Waals surface area (Å²) >= 11 is 0. The van der Waals surface area contributed by atoms with Gasteiger partial charge in [-0.15, -0.1) is 0 Å². The van der Waals surface area contributed by atoms with E-state index in [9.17, 15) is 121 Å². The van der Waals surface area contributed by atoms with Crippen molar-refractivity contribution in [2.45, 2.75) is 215 Å². The van der Waals surface area contributed by atoms with E-state index in [1.807, 2.05) is 5.32 Å². The molecule has 632 valence electrons. The third-order valence-corrected chi connectivity index (χ3v) is 16.1. The predicted octanol–water partition coefficient (Wildman–Crippen LogP) is -14.5. The molecule has 0 fully saturated rings. The van der Waals surface area contributed by atoms with Crippen molar-refractivity contribution in [3.05, 3.63) is 18.2 Å². The second-order valence-corrected chi connectivity index (χ2v) is 25.6. The van der Waals surface area contributed by atoms with Crippen LogP contribution in [0.2, 0.25) is 0 Å². The molecular weight excluding hydrogens is 1510 g/mol. The van der Waals surface area contributed by atoms with Gasteiger partial charge in [0.1, 0.15) is 84.6 Å².